The number of phosphoric ester groups is 1. The molecule has 0 spiro atoms. The summed E-state index contributed by atoms with van der Waals surface area (Å²) in [6.07, 6.45) is 16.3. The topological polar surface area (TPSA) is 131 Å². The second-order valence-electron chi connectivity index (χ2n) is 9.03. The van der Waals surface area contributed by atoms with Crippen molar-refractivity contribution in [1.29, 1.82) is 0 Å². The van der Waals surface area contributed by atoms with Gasteiger partial charge in [0, 0.05) is 19.4 Å². The highest BCUT2D eigenvalue weighted by Crippen LogP contribution is 2.42. The van der Waals surface area contributed by atoms with Crippen molar-refractivity contribution < 1.29 is 37.9 Å². The van der Waals surface area contributed by atoms with Crippen molar-refractivity contribution in [2.24, 2.45) is 0 Å². The zero-order valence-electron chi connectivity index (χ0n) is 22.0. The van der Waals surface area contributed by atoms with E-state index < -0.39 is 26.5 Å². The van der Waals surface area contributed by atoms with Gasteiger partial charge in [-0.1, -0.05) is 90.9 Å². The Kier molecular flexibility index (Phi) is 22.7. The standard InChI is InChI=1S/C25H50NO8P/c1-3-5-6-7-8-9-10-11-12-13-14-15-16-18-24(28)26-19-20-33-35(30,31)34-22-23(27)21-32-25(29)17-4-2/h23,27H,3-22H2,1-2H3,(H,26,28)(H,30,31). The average molecular weight is 524 g/mol. The number of amides is 1. The van der Waals surface area contributed by atoms with Crippen molar-refractivity contribution in [2.75, 3.05) is 26.4 Å². The molecular weight excluding hydrogens is 473 g/mol. The average Bonchev–Trinajstić information content (AvgIpc) is 2.82. The second kappa shape index (κ2) is 23.4. The summed E-state index contributed by atoms with van der Waals surface area (Å²) in [6.45, 7) is 3.11. The summed E-state index contributed by atoms with van der Waals surface area (Å²) in [5.74, 6) is -0.570. The molecule has 0 saturated carbocycles. The van der Waals surface area contributed by atoms with Crippen LogP contribution in [0.3, 0.4) is 0 Å². The molecule has 9 nitrogen and oxygen atoms in total. The molecule has 0 fully saturated rings. The maximum absolute atomic E-state index is 11.9. The number of hydrogen-bond acceptors (Lipinski definition) is 7. The Morgan fingerprint density at radius 3 is 1.86 bits per heavy atom. The summed E-state index contributed by atoms with van der Waals surface area (Å²) in [5.41, 5.74) is 0. The first-order valence-corrected chi connectivity index (χ1v) is 15.0. The number of hydrogen-bond donors (Lipinski definition) is 3. The number of esters is 1. The number of phosphoric acid groups is 1. The highest BCUT2D eigenvalue weighted by atomic mass is 31.2. The summed E-state index contributed by atoms with van der Waals surface area (Å²) in [5, 5.41) is 12.3. The third-order valence-corrected chi connectivity index (χ3v) is 6.49. The Balaban J connectivity index is 3.56. The minimum atomic E-state index is -4.37. The van der Waals surface area contributed by atoms with Crippen LogP contribution in [0.4, 0.5) is 0 Å². The maximum Gasteiger partial charge on any atom is 0.472 e. The van der Waals surface area contributed by atoms with E-state index in [0.29, 0.717) is 12.8 Å². The molecule has 2 atom stereocenters. The van der Waals surface area contributed by atoms with Crippen molar-refractivity contribution in [3.8, 4) is 0 Å². The zero-order chi connectivity index (χ0) is 26.2. The van der Waals surface area contributed by atoms with Crippen LogP contribution in [0.5, 0.6) is 0 Å². The molecule has 0 bridgehead atoms. The molecule has 0 aliphatic carbocycles. The molecule has 0 aromatic carbocycles. The number of aliphatic hydroxyl groups excluding tert-OH is 1. The van der Waals surface area contributed by atoms with Crippen LogP contribution in [0, 0.1) is 0 Å². The van der Waals surface area contributed by atoms with Gasteiger partial charge in [0.05, 0.1) is 13.2 Å². The first-order valence-electron chi connectivity index (χ1n) is 13.5. The fraction of sp³-hybridized carbons (Fsp3) is 0.920. The summed E-state index contributed by atoms with van der Waals surface area (Å²) in [6, 6.07) is 0. The lowest BCUT2D eigenvalue weighted by atomic mass is 10.0. The van der Waals surface area contributed by atoms with Crippen LogP contribution in [0.25, 0.3) is 0 Å². The Bertz CT molecular complexity index is 576. The van der Waals surface area contributed by atoms with Gasteiger partial charge in [-0.25, -0.2) is 4.57 Å². The van der Waals surface area contributed by atoms with E-state index in [9.17, 15) is 24.2 Å². The fourth-order valence-corrected chi connectivity index (χ4v) is 4.23. The van der Waals surface area contributed by atoms with Crippen LogP contribution in [0.15, 0.2) is 0 Å². The minimum absolute atomic E-state index is 0.0857. The first-order chi connectivity index (χ1) is 16.8. The summed E-state index contributed by atoms with van der Waals surface area (Å²) in [4.78, 5) is 32.7. The molecular formula is C25H50NO8P. The quantitative estimate of drug-likeness (QED) is 0.0821. The normalized spacial score (nSPS) is 13.8. The largest absolute Gasteiger partial charge is 0.472 e. The number of ether oxygens (including phenoxy) is 1. The number of rotatable bonds is 25. The van der Waals surface area contributed by atoms with Gasteiger partial charge in [0.1, 0.15) is 12.7 Å². The zero-order valence-corrected chi connectivity index (χ0v) is 22.9. The van der Waals surface area contributed by atoms with E-state index in [1.807, 2.05) is 6.92 Å². The smallest absolute Gasteiger partial charge is 0.463 e. The van der Waals surface area contributed by atoms with E-state index in [1.165, 1.54) is 64.2 Å². The molecule has 10 heteroatoms. The van der Waals surface area contributed by atoms with E-state index in [0.717, 1.165) is 19.3 Å². The van der Waals surface area contributed by atoms with Gasteiger partial charge in [0.2, 0.25) is 5.91 Å². The lowest BCUT2D eigenvalue weighted by Crippen LogP contribution is -2.27. The van der Waals surface area contributed by atoms with Gasteiger partial charge in [-0.3, -0.25) is 18.6 Å². The van der Waals surface area contributed by atoms with E-state index in [2.05, 4.69) is 16.8 Å². The molecule has 0 aliphatic heterocycles. The Labute approximate surface area is 212 Å². The van der Waals surface area contributed by atoms with Crippen molar-refractivity contribution in [3.05, 3.63) is 0 Å². The third-order valence-electron chi connectivity index (χ3n) is 5.51. The van der Waals surface area contributed by atoms with Gasteiger partial charge in [-0.15, -0.1) is 0 Å². The lowest BCUT2D eigenvalue weighted by Gasteiger charge is -2.15. The summed E-state index contributed by atoms with van der Waals surface area (Å²) < 4.78 is 26.0. The Morgan fingerprint density at radius 2 is 1.31 bits per heavy atom. The van der Waals surface area contributed by atoms with Crippen molar-refractivity contribution in [3.63, 3.8) is 0 Å². The van der Waals surface area contributed by atoms with E-state index in [4.69, 9.17) is 9.26 Å². The van der Waals surface area contributed by atoms with Crippen LogP contribution < -0.4 is 5.32 Å². The Hall–Kier alpha value is -0.990. The summed E-state index contributed by atoms with van der Waals surface area (Å²) >= 11 is 0. The van der Waals surface area contributed by atoms with Crippen molar-refractivity contribution in [1.82, 2.24) is 5.32 Å². The molecule has 0 rings (SSSR count). The van der Waals surface area contributed by atoms with E-state index >= 15 is 0 Å². The predicted octanol–water partition coefficient (Wildman–Crippen LogP) is 5.42. The molecule has 208 valence electrons. The predicted molar refractivity (Wildman–Crippen MR) is 137 cm³/mol. The fourth-order valence-electron chi connectivity index (χ4n) is 3.47. The van der Waals surface area contributed by atoms with E-state index in [-0.39, 0.29) is 32.1 Å². The van der Waals surface area contributed by atoms with Gasteiger partial charge in [0.15, 0.2) is 0 Å². The Morgan fingerprint density at radius 1 is 0.771 bits per heavy atom. The molecule has 0 aromatic rings. The number of carbonyl (C=O) groups excluding carboxylic acids is 2. The minimum Gasteiger partial charge on any atom is -0.463 e. The van der Waals surface area contributed by atoms with Crippen molar-refractivity contribution in [2.45, 2.75) is 123 Å². The highest BCUT2D eigenvalue weighted by Gasteiger charge is 2.23. The van der Waals surface area contributed by atoms with Gasteiger partial charge >= 0.3 is 13.8 Å². The monoisotopic (exact) mass is 523 g/mol. The maximum atomic E-state index is 11.9. The van der Waals surface area contributed by atoms with Gasteiger partial charge in [-0.05, 0) is 12.8 Å². The SMILES string of the molecule is CCCCCCCCCCCCCCCC(=O)NCCOP(=O)(O)OCC(O)COC(=O)CCC. The van der Waals surface area contributed by atoms with Crippen LogP contribution >= 0.6 is 7.82 Å². The van der Waals surface area contributed by atoms with Gasteiger partial charge in [-0.2, -0.15) is 0 Å². The van der Waals surface area contributed by atoms with Crippen LogP contribution in [-0.2, 0) is 27.9 Å². The third kappa shape index (κ3) is 24.5. The number of nitrogens with one attached hydrogen (secondary N) is 1. The molecule has 2 unspecified atom stereocenters. The molecule has 0 heterocycles. The molecule has 0 saturated heterocycles. The van der Waals surface area contributed by atoms with Gasteiger partial charge < -0.3 is 20.1 Å². The van der Waals surface area contributed by atoms with Crippen LogP contribution in [0.2, 0.25) is 0 Å². The van der Waals surface area contributed by atoms with E-state index in [1.54, 1.807) is 0 Å². The molecule has 3 N–H and O–H groups in total. The van der Waals surface area contributed by atoms with Gasteiger partial charge in [0.25, 0.3) is 0 Å². The van der Waals surface area contributed by atoms with Crippen LogP contribution in [-0.4, -0.2) is 54.3 Å². The molecule has 35 heavy (non-hydrogen) atoms. The number of carbonyl (C=O) groups is 2. The molecule has 0 radical (unpaired) electrons. The van der Waals surface area contributed by atoms with Crippen LogP contribution in [0.1, 0.15) is 117 Å². The number of unbranched alkanes of at least 4 members (excludes halogenated alkanes) is 12. The lowest BCUT2D eigenvalue weighted by molar-refractivity contribution is -0.147. The highest BCUT2D eigenvalue weighted by molar-refractivity contribution is 7.47. The number of aliphatic hydroxyl groups is 1. The first kappa shape index (κ1) is 34.0. The van der Waals surface area contributed by atoms with Crippen molar-refractivity contribution >= 4 is 19.7 Å². The summed E-state index contributed by atoms with van der Waals surface area (Å²) in [7, 11) is -4.37. The molecule has 0 aliphatic rings. The second-order valence-corrected chi connectivity index (χ2v) is 10.5. The molecule has 1 amide bonds. The molecule has 0 aromatic heterocycles.